The number of pyridine rings is 1. The minimum absolute atomic E-state index is 0.00687. The van der Waals surface area contributed by atoms with Gasteiger partial charge in [-0.05, 0) is 30.3 Å². The summed E-state index contributed by atoms with van der Waals surface area (Å²) in [5.41, 5.74) is -0.0725. The van der Waals surface area contributed by atoms with Crippen LogP contribution in [0.25, 0.3) is 0 Å². The SMILES string of the molecule is O=C(O)c1cc(NS(=O)(=O)c2ccc(N3C[C@@H](C(=O)O)CC3=O)cc2)cnc1Cl. The lowest BCUT2D eigenvalue weighted by atomic mass is 10.1. The molecule has 3 N–H and O–H groups in total. The van der Waals surface area contributed by atoms with Crippen molar-refractivity contribution in [3.05, 3.63) is 47.2 Å². The van der Waals surface area contributed by atoms with Crippen LogP contribution in [0.1, 0.15) is 16.8 Å². The van der Waals surface area contributed by atoms with Crippen LogP contribution in [-0.4, -0.2) is 48.0 Å². The third kappa shape index (κ3) is 4.30. The summed E-state index contributed by atoms with van der Waals surface area (Å²) in [6.45, 7) is 0.00687. The molecule has 2 aromatic rings. The van der Waals surface area contributed by atoms with E-state index in [1.165, 1.54) is 29.2 Å². The van der Waals surface area contributed by atoms with Crippen molar-refractivity contribution in [3.63, 3.8) is 0 Å². The number of carboxylic acid groups (broad SMARTS) is 2. The third-order valence-electron chi connectivity index (χ3n) is 4.25. The number of anilines is 2. The molecule has 1 atom stereocenters. The Morgan fingerprint density at radius 1 is 1.21 bits per heavy atom. The highest BCUT2D eigenvalue weighted by atomic mass is 35.5. The Morgan fingerprint density at radius 3 is 2.41 bits per heavy atom. The Balaban J connectivity index is 1.80. The average molecular weight is 440 g/mol. The summed E-state index contributed by atoms with van der Waals surface area (Å²) in [7, 11) is -4.07. The number of aliphatic carboxylic acids is 1. The zero-order valence-electron chi connectivity index (χ0n) is 14.6. The predicted molar refractivity (Wildman–Crippen MR) is 102 cm³/mol. The van der Waals surface area contributed by atoms with E-state index in [1.54, 1.807) is 0 Å². The van der Waals surface area contributed by atoms with Gasteiger partial charge in [-0.3, -0.25) is 14.3 Å². The van der Waals surface area contributed by atoms with Gasteiger partial charge >= 0.3 is 11.9 Å². The number of hydrogen-bond acceptors (Lipinski definition) is 6. The number of halogens is 1. The highest BCUT2D eigenvalue weighted by Gasteiger charge is 2.35. The molecule has 0 saturated carbocycles. The van der Waals surface area contributed by atoms with Crippen molar-refractivity contribution in [1.82, 2.24) is 4.98 Å². The van der Waals surface area contributed by atoms with Gasteiger partial charge in [-0.2, -0.15) is 0 Å². The summed E-state index contributed by atoms with van der Waals surface area (Å²) in [5, 5.41) is 17.8. The van der Waals surface area contributed by atoms with E-state index in [0.29, 0.717) is 5.69 Å². The number of aromatic carboxylic acids is 1. The molecule has 0 bridgehead atoms. The van der Waals surface area contributed by atoms with E-state index in [0.717, 1.165) is 12.3 Å². The van der Waals surface area contributed by atoms with Gasteiger partial charge in [-0.1, -0.05) is 11.6 Å². The van der Waals surface area contributed by atoms with Crippen LogP contribution in [0.2, 0.25) is 5.15 Å². The molecule has 1 aromatic carbocycles. The Morgan fingerprint density at radius 2 is 1.86 bits per heavy atom. The summed E-state index contributed by atoms with van der Waals surface area (Å²) in [6.07, 6.45) is 0.960. The van der Waals surface area contributed by atoms with Gasteiger partial charge in [0.15, 0.2) is 0 Å². The first-order valence-electron chi connectivity index (χ1n) is 8.13. The molecular weight excluding hydrogens is 426 g/mol. The van der Waals surface area contributed by atoms with Crippen molar-refractivity contribution < 1.29 is 33.0 Å². The minimum Gasteiger partial charge on any atom is -0.481 e. The van der Waals surface area contributed by atoms with Crippen molar-refractivity contribution in [2.24, 2.45) is 5.92 Å². The molecule has 29 heavy (non-hydrogen) atoms. The van der Waals surface area contributed by atoms with Gasteiger partial charge in [-0.25, -0.2) is 18.2 Å². The van der Waals surface area contributed by atoms with Crippen molar-refractivity contribution in [3.8, 4) is 0 Å². The van der Waals surface area contributed by atoms with Gasteiger partial charge in [0.25, 0.3) is 10.0 Å². The number of nitrogens with one attached hydrogen (secondary N) is 1. The molecule has 0 unspecified atom stereocenters. The normalized spacial score (nSPS) is 16.7. The van der Waals surface area contributed by atoms with E-state index in [9.17, 15) is 22.8 Å². The lowest BCUT2D eigenvalue weighted by Crippen LogP contribution is -2.25. The average Bonchev–Trinajstić information content (AvgIpc) is 3.05. The topological polar surface area (TPSA) is 154 Å². The second-order valence-corrected chi connectivity index (χ2v) is 8.25. The number of carboxylic acids is 2. The molecule has 1 saturated heterocycles. The largest absolute Gasteiger partial charge is 0.481 e. The fourth-order valence-electron chi connectivity index (χ4n) is 2.80. The van der Waals surface area contributed by atoms with Crippen LogP contribution in [0.4, 0.5) is 11.4 Å². The van der Waals surface area contributed by atoms with Gasteiger partial charge in [0.05, 0.1) is 28.3 Å². The number of carbonyl (C=O) groups is 3. The summed E-state index contributed by atoms with van der Waals surface area (Å²) in [6, 6.07) is 6.32. The summed E-state index contributed by atoms with van der Waals surface area (Å²) < 4.78 is 27.3. The Hall–Kier alpha value is -3.18. The molecule has 152 valence electrons. The number of aromatic nitrogens is 1. The zero-order valence-corrected chi connectivity index (χ0v) is 16.1. The van der Waals surface area contributed by atoms with Gasteiger partial charge in [0.1, 0.15) is 5.15 Å². The van der Waals surface area contributed by atoms with E-state index in [-0.39, 0.29) is 40.2 Å². The highest BCUT2D eigenvalue weighted by Crippen LogP contribution is 2.27. The molecule has 1 aromatic heterocycles. The van der Waals surface area contributed by atoms with Gasteiger partial charge < -0.3 is 15.1 Å². The fraction of sp³-hybridized carbons (Fsp3) is 0.176. The predicted octanol–water partition coefficient (Wildman–Crippen LogP) is 1.67. The number of nitrogens with zero attached hydrogens (tertiary/aromatic N) is 2. The molecule has 2 heterocycles. The molecule has 0 spiro atoms. The number of hydrogen-bond donors (Lipinski definition) is 3. The smallest absolute Gasteiger partial charge is 0.338 e. The number of carbonyl (C=O) groups excluding carboxylic acids is 1. The molecule has 1 aliphatic heterocycles. The summed E-state index contributed by atoms with van der Waals surface area (Å²) in [4.78, 5) is 38.9. The first-order chi connectivity index (χ1) is 13.6. The lowest BCUT2D eigenvalue weighted by Gasteiger charge is -2.16. The minimum atomic E-state index is -4.07. The Kier molecular flexibility index (Phi) is 5.44. The second-order valence-electron chi connectivity index (χ2n) is 6.21. The van der Waals surface area contributed by atoms with Crippen LogP contribution in [0, 0.1) is 5.92 Å². The first-order valence-corrected chi connectivity index (χ1v) is 9.99. The summed E-state index contributed by atoms with van der Waals surface area (Å²) in [5.74, 6) is -3.60. The molecule has 0 aliphatic carbocycles. The second kappa shape index (κ2) is 7.68. The van der Waals surface area contributed by atoms with Crippen LogP contribution < -0.4 is 9.62 Å². The molecule has 3 rings (SSSR count). The van der Waals surface area contributed by atoms with E-state index >= 15 is 0 Å². The monoisotopic (exact) mass is 439 g/mol. The van der Waals surface area contributed by atoms with Crippen molar-refractivity contribution >= 4 is 50.8 Å². The van der Waals surface area contributed by atoms with E-state index in [2.05, 4.69) is 9.71 Å². The van der Waals surface area contributed by atoms with Crippen molar-refractivity contribution in [2.45, 2.75) is 11.3 Å². The number of rotatable bonds is 6. The molecule has 10 nitrogen and oxygen atoms in total. The number of sulfonamides is 1. The Bertz CT molecular complexity index is 1100. The highest BCUT2D eigenvalue weighted by molar-refractivity contribution is 7.92. The molecule has 1 amide bonds. The molecular formula is C17H14ClN3O7S. The quantitative estimate of drug-likeness (QED) is 0.574. The van der Waals surface area contributed by atoms with Crippen LogP contribution in [-0.2, 0) is 19.6 Å². The maximum atomic E-state index is 12.5. The molecule has 1 aliphatic rings. The van der Waals surface area contributed by atoms with E-state index < -0.39 is 27.9 Å². The zero-order chi connectivity index (χ0) is 21.3. The van der Waals surface area contributed by atoms with Crippen LogP contribution >= 0.6 is 11.6 Å². The van der Waals surface area contributed by atoms with E-state index in [4.69, 9.17) is 21.8 Å². The molecule has 12 heteroatoms. The first kappa shape index (κ1) is 20.6. The molecule has 1 fully saturated rings. The maximum absolute atomic E-state index is 12.5. The third-order valence-corrected chi connectivity index (χ3v) is 5.95. The number of amides is 1. The van der Waals surface area contributed by atoms with E-state index in [1.807, 2.05) is 0 Å². The number of benzene rings is 1. The fourth-order valence-corrected chi connectivity index (χ4v) is 4.01. The lowest BCUT2D eigenvalue weighted by molar-refractivity contribution is -0.141. The van der Waals surface area contributed by atoms with Crippen LogP contribution in [0.5, 0.6) is 0 Å². The standard InChI is InChI=1S/C17H14ClN3O7S/c18-15-13(17(25)26)6-10(7-19-15)20-29(27,28)12-3-1-11(2-4-12)21-8-9(16(23)24)5-14(21)22/h1-4,6-7,9,20H,5,8H2,(H,23,24)(H,25,26)/t9-/m0/s1. The van der Waals surface area contributed by atoms with Gasteiger partial charge in [-0.15, -0.1) is 0 Å². The Labute approximate surface area is 169 Å². The van der Waals surface area contributed by atoms with Gasteiger partial charge in [0.2, 0.25) is 5.91 Å². The van der Waals surface area contributed by atoms with Crippen molar-refractivity contribution in [1.29, 1.82) is 0 Å². The summed E-state index contributed by atoms with van der Waals surface area (Å²) >= 11 is 5.66. The van der Waals surface area contributed by atoms with Crippen LogP contribution in [0.15, 0.2) is 41.4 Å². The van der Waals surface area contributed by atoms with Crippen LogP contribution in [0.3, 0.4) is 0 Å². The maximum Gasteiger partial charge on any atom is 0.338 e. The van der Waals surface area contributed by atoms with Gasteiger partial charge in [0, 0.05) is 18.7 Å². The van der Waals surface area contributed by atoms with Crippen molar-refractivity contribution in [2.75, 3.05) is 16.2 Å². The molecule has 0 radical (unpaired) electrons.